The van der Waals surface area contributed by atoms with Crippen molar-refractivity contribution < 1.29 is 47.2 Å². The Hall–Kier alpha value is 1.18. The molecule has 0 radical (unpaired) electrons. The zero-order chi connectivity index (χ0) is 7.15. The van der Waals surface area contributed by atoms with Gasteiger partial charge in [0.15, 0.2) is 0 Å². The minimum absolute atomic E-state index is 0. The zero-order valence-corrected chi connectivity index (χ0v) is 5.30. The summed E-state index contributed by atoms with van der Waals surface area (Å²) in [6, 6.07) is 0. The summed E-state index contributed by atoms with van der Waals surface area (Å²) in [6.45, 7) is 0. The monoisotopic (exact) mass is 206 g/mol. The molecule has 0 aliphatic rings. The molecule has 0 spiro atoms. The maximum absolute atomic E-state index is 7.17. The van der Waals surface area contributed by atoms with Gasteiger partial charge in [0.2, 0.25) is 0 Å². The first-order chi connectivity index (χ1) is 3.46. The summed E-state index contributed by atoms with van der Waals surface area (Å²) in [4.78, 5) is 0. The van der Waals surface area contributed by atoms with E-state index < -0.39 is 14.6 Å². The van der Waals surface area contributed by atoms with Gasteiger partial charge in [0, 0.05) is 17.1 Å². The first-order valence-corrected chi connectivity index (χ1v) is 1.55. The minimum atomic E-state index is -2.17. The molecule has 0 fully saturated rings. The molecule has 0 saturated heterocycles. The molecular weight excluding hydrogens is 198 g/mol. The second kappa shape index (κ2) is 16.6. The van der Waals surface area contributed by atoms with Crippen molar-refractivity contribution in [3.05, 3.63) is 0 Å². The smallest absolute Gasteiger partial charge is 0.402 e. The van der Waals surface area contributed by atoms with Crippen molar-refractivity contribution in [2.45, 2.75) is 0 Å². The van der Waals surface area contributed by atoms with Crippen molar-refractivity contribution in [3.8, 4) is 0 Å². The van der Waals surface area contributed by atoms with Crippen LogP contribution in [0.5, 0.6) is 0 Å². The zero-order valence-electron chi connectivity index (χ0n) is 4.19. The van der Waals surface area contributed by atoms with E-state index in [9.17, 15) is 0 Å². The van der Waals surface area contributed by atoms with Gasteiger partial charge in [0.05, 0.1) is 0 Å². The standard InChI is InChI=1S/2BH3O3.Fe.Mg.2H/c2*2-1(3)4;;;;/h2*2-4H;;;;. The summed E-state index contributed by atoms with van der Waals surface area (Å²) in [5, 5.41) is 43.0. The Balaban J connectivity index is -0.0000000300. The van der Waals surface area contributed by atoms with E-state index in [-0.39, 0.29) is 40.1 Å². The van der Waals surface area contributed by atoms with Gasteiger partial charge in [0.25, 0.3) is 0 Å². The van der Waals surface area contributed by atoms with Crippen molar-refractivity contribution in [1.29, 1.82) is 0 Å². The molecule has 0 saturated carbocycles. The molecule has 10 heteroatoms. The molecule has 6 nitrogen and oxygen atoms in total. The van der Waals surface area contributed by atoms with Crippen LogP contribution in [-0.4, -0.2) is 67.8 Å². The molecule has 0 aliphatic carbocycles. The van der Waals surface area contributed by atoms with Gasteiger partial charge in [0.1, 0.15) is 0 Å². The molecule has 60 valence electrons. The quantitative estimate of drug-likeness (QED) is 0.220. The molecule has 0 bridgehead atoms. The maximum Gasteiger partial charge on any atom is 0.631 e. The normalized spacial score (nSPS) is 5.40. The van der Waals surface area contributed by atoms with Gasteiger partial charge in [-0.1, -0.05) is 0 Å². The van der Waals surface area contributed by atoms with Gasteiger partial charge in [-0.15, -0.1) is 0 Å². The van der Waals surface area contributed by atoms with Gasteiger partial charge in [-0.3, -0.25) is 0 Å². The third-order valence-electron chi connectivity index (χ3n) is 0. The molecule has 0 aromatic carbocycles. The Morgan fingerprint density at radius 1 is 0.600 bits per heavy atom. The summed E-state index contributed by atoms with van der Waals surface area (Å²) >= 11 is 0. The van der Waals surface area contributed by atoms with Crippen molar-refractivity contribution in [3.63, 3.8) is 0 Å². The van der Waals surface area contributed by atoms with E-state index in [0.717, 1.165) is 0 Å². The summed E-state index contributed by atoms with van der Waals surface area (Å²) < 4.78 is 0. The molecule has 0 aromatic rings. The first kappa shape index (κ1) is 22.5. The van der Waals surface area contributed by atoms with E-state index in [1.54, 1.807) is 0 Å². The average molecular weight is 206 g/mol. The molecule has 6 N–H and O–H groups in total. The fourth-order valence-corrected chi connectivity index (χ4v) is 0. The summed E-state index contributed by atoms with van der Waals surface area (Å²) in [6.07, 6.45) is 0. The molecule has 0 aliphatic heterocycles. The van der Waals surface area contributed by atoms with E-state index in [0.29, 0.717) is 0 Å². The Morgan fingerprint density at radius 3 is 0.600 bits per heavy atom. The molecular formula is H8B2FeMgO6. The van der Waals surface area contributed by atoms with Crippen LogP contribution in [0, 0.1) is 0 Å². The van der Waals surface area contributed by atoms with Crippen LogP contribution >= 0.6 is 0 Å². The van der Waals surface area contributed by atoms with Gasteiger partial charge < -0.3 is 30.1 Å². The van der Waals surface area contributed by atoms with Crippen LogP contribution in [0.2, 0.25) is 0 Å². The van der Waals surface area contributed by atoms with Crippen LogP contribution in [0.3, 0.4) is 0 Å². The van der Waals surface area contributed by atoms with Gasteiger partial charge in [-0.25, -0.2) is 0 Å². The van der Waals surface area contributed by atoms with Crippen LogP contribution in [0.4, 0.5) is 0 Å². The maximum atomic E-state index is 7.17. The minimum Gasteiger partial charge on any atom is -0.402 e. The van der Waals surface area contributed by atoms with Crippen LogP contribution in [0.1, 0.15) is 0 Å². The van der Waals surface area contributed by atoms with Crippen LogP contribution < -0.4 is 0 Å². The molecule has 0 rings (SSSR count). The predicted octanol–water partition coefficient (Wildman–Crippen LogP) is -5.02. The SMILES string of the molecule is OB(O)O.OB(O)O.[Fe].[MgH2]. The number of hydrogen-bond acceptors (Lipinski definition) is 6. The second-order valence-electron chi connectivity index (χ2n) is 0.693. The Kier molecular flexibility index (Phi) is 37.4. The molecule has 0 unspecified atom stereocenters. The Bertz CT molecular complexity index is 31.2. The summed E-state index contributed by atoms with van der Waals surface area (Å²) in [5.41, 5.74) is 0. The fourth-order valence-electron chi connectivity index (χ4n) is 0. The van der Waals surface area contributed by atoms with Crippen LogP contribution in [-0.2, 0) is 17.1 Å². The molecule has 10 heavy (non-hydrogen) atoms. The second-order valence-corrected chi connectivity index (χ2v) is 0.693. The van der Waals surface area contributed by atoms with Crippen molar-refractivity contribution in [2.75, 3.05) is 0 Å². The average Bonchev–Trinajstić information content (AvgIpc) is 1.25. The van der Waals surface area contributed by atoms with Crippen LogP contribution in [0.15, 0.2) is 0 Å². The van der Waals surface area contributed by atoms with Crippen molar-refractivity contribution in [1.82, 2.24) is 0 Å². The van der Waals surface area contributed by atoms with E-state index in [1.165, 1.54) is 0 Å². The van der Waals surface area contributed by atoms with Crippen LogP contribution in [0.25, 0.3) is 0 Å². The summed E-state index contributed by atoms with van der Waals surface area (Å²) in [5.74, 6) is 0. The van der Waals surface area contributed by atoms with Gasteiger partial charge in [-0.05, 0) is 0 Å². The molecule has 0 heterocycles. The number of rotatable bonds is 0. The first-order valence-electron chi connectivity index (χ1n) is 1.55. The molecule has 0 atom stereocenters. The van der Waals surface area contributed by atoms with Crippen molar-refractivity contribution >= 4 is 37.7 Å². The topological polar surface area (TPSA) is 121 Å². The third-order valence-corrected chi connectivity index (χ3v) is 0. The van der Waals surface area contributed by atoms with Gasteiger partial charge in [-0.2, -0.15) is 0 Å². The number of hydrogen-bond donors (Lipinski definition) is 6. The van der Waals surface area contributed by atoms with E-state index in [2.05, 4.69) is 0 Å². The largest absolute Gasteiger partial charge is 0.631 e. The molecule has 0 aromatic heterocycles. The van der Waals surface area contributed by atoms with Gasteiger partial charge >= 0.3 is 37.7 Å². The Morgan fingerprint density at radius 2 is 0.600 bits per heavy atom. The van der Waals surface area contributed by atoms with Crippen molar-refractivity contribution in [2.24, 2.45) is 0 Å². The third kappa shape index (κ3) is 444. The van der Waals surface area contributed by atoms with E-state index in [4.69, 9.17) is 30.1 Å². The van der Waals surface area contributed by atoms with E-state index >= 15 is 0 Å². The summed E-state index contributed by atoms with van der Waals surface area (Å²) in [7, 11) is -4.33. The predicted molar refractivity (Wildman–Crippen MR) is 33.4 cm³/mol. The van der Waals surface area contributed by atoms with E-state index in [1.807, 2.05) is 0 Å². The fraction of sp³-hybridized carbons (Fsp3) is 0. The molecule has 0 amide bonds. The Labute approximate surface area is 84.9 Å².